The molecule has 0 bridgehead atoms. The second-order valence-electron chi connectivity index (χ2n) is 5.88. The number of anilines is 1. The molecule has 27 heavy (non-hydrogen) atoms. The van der Waals surface area contributed by atoms with Gasteiger partial charge in [0.15, 0.2) is 5.65 Å². The van der Waals surface area contributed by atoms with Gasteiger partial charge < -0.3 is 4.90 Å². The standard InChI is InChI=1S/C16H14F2N4.H2O4S/c17-11-3-4-13(18)12(10-11)14-2-1-8-21(14)15-6-9-22-16(20-15)5-7-19-22;1-5(2,3)4/h3-7,9-10,14H,1-2,8H2;(H2,1,2,3,4)/t14-;/m1./s1. The Bertz CT molecular complexity index is 1050. The van der Waals surface area contributed by atoms with Crippen molar-refractivity contribution in [3.05, 3.63) is 59.9 Å². The highest BCUT2D eigenvalue weighted by molar-refractivity contribution is 7.79. The van der Waals surface area contributed by atoms with Gasteiger partial charge in [-0.15, -0.1) is 0 Å². The van der Waals surface area contributed by atoms with Crippen LogP contribution in [0, 0.1) is 11.6 Å². The molecule has 0 unspecified atom stereocenters. The lowest BCUT2D eigenvalue weighted by molar-refractivity contribution is 0.381. The summed E-state index contributed by atoms with van der Waals surface area (Å²) in [5.41, 5.74) is 1.13. The Morgan fingerprint density at radius 3 is 2.63 bits per heavy atom. The maximum absolute atomic E-state index is 14.1. The third-order valence-electron chi connectivity index (χ3n) is 4.11. The first kappa shape index (κ1) is 19.1. The maximum atomic E-state index is 14.1. The van der Waals surface area contributed by atoms with E-state index in [4.69, 9.17) is 17.5 Å². The number of benzene rings is 1. The molecule has 0 saturated carbocycles. The lowest BCUT2D eigenvalue weighted by Gasteiger charge is -2.26. The number of aromatic nitrogens is 3. The minimum absolute atomic E-state index is 0.187. The van der Waals surface area contributed by atoms with E-state index in [0.29, 0.717) is 5.56 Å². The van der Waals surface area contributed by atoms with Gasteiger partial charge in [-0.05, 0) is 37.1 Å². The molecule has 0 amide bonds. The van der Waals surface area contributed by atoms with E-state index >= 15 is 0 Å². The molecule has 3 aromatic rings. The summed E-state index contributed by atoms with van der Waals surface area (Å²) >= 11 is 0. The summed E-state index contributed by atoms with van der Waals surface area (Å²) in [6, 6.07) is 7.11. The van der Waals surface area contributed by atoms with Crippen molar-refractivity contribution in [3.8, 4) is 0 Å². The van der Waals surface area contributed by atoms with Gasteiger partial charge in [0.2, 0.25) is 0 Å². The average molecular weight is 398 g/mol. The number of halogens is 2. The highest BCUT2D eigenvalue weighted by Crippen LogP contribution is 2.36. The van der Waals surface area contributed by atoms with Gasteiger partial charge in [-0.3, -0.25) is 9.11 Å². The van der Waals surface area contributed by atoms with Crippen molar-refractivity contribution in [1.29, 1.82) is 0 Å². The van der Waals surface area contributed by atoms with Gasteiger partial charge in [0.05, 0.1) is 12.2 Å². The van der Waals surface area contributed by atoms with Crippen molar-refractivity contribution in [3.63, 3.8) is 0 Å². The summed E-state index contributed by atoms with van der Waals surface area (Å²) < 4.78 is 60.8. The Kier molecular flexibility index (Phi) is 5.35. The molecule has 11 heteroatoms. The molecule has 0 spiro atoms. The van der Waals surface area contributed by atoms with Crippen LogP contribution in [0.1, 0.15) is 24.4 Å². The molecule has 144 valence electrons. The third-order valence-corrected chi connectivity index (χ3v) is 4.11. The Morgan fingerprint density at radius 2 is 1.89 bits per heavy atom. The van der Waals surface area contributed by atoms with Gasteiger partial charge in [-0.1, -0.05) is 0 Å². The summed E-state index contributed by atoms with van der Waals surface area (Å²) in [4.78, 5) is 6.59. The topological polar surface area (TPSA) is 108 Å². The zero-order chi connectivity index (χ0) is 19.6. The lowest BCUT2D eigenvalue weighted by atomic mass is 10.0. The SMILES string of the molecule is Fc1ccc(F)c([C@H]2CCCN2c2ccn3nccc3n2)c1.O=S(=O)(O)O. The fraction of sp³-hybridized carbons (Fsp3) is 0.250. The van der Waals surface area contributed by atoms with Crippen LogP contribution in [0.25, 0.3) is 5.65 Å². The van der Waals surface area contributed by atoms with E-state index in [2.05, 4.69) is 10.1 Å². The first-order chi connectivity index (χ1) is 12.7. The number of nitrogens with zero attached hydrogens (tertiary/aromatic N) is 4. The lowest BCUT2D eigenvalue weighted by Crippen LogP contribution is -2.24. The number of fused-ring (bicyclic) bond motifs is 1. The summed E-state index contributed by atoms with van der Waals surface area (Å²) in [7, 11) is -4.67. The van der Waals surface area contributed by atoms with Crippen LogP contribution in [0.2, 0.25) is 0 Å². The fourth-order valence-electron chi connectivity index (χ4n) is 3.10. The number of hydrogen-bond acceptors (Lipinski definition) is 5. The summed E-state index contributed by atoms with van der Waals surface area (Å²) in [6.07, 6.45) is 5.22. The van der Waals surface area contributed by atoms with Gasteiger partial charge in [0, 0.05) is 24.4 Å². The molecule has 2 aromatic heterocycles. The second-order valence-corrected chi connectivity index (χ2v) is 6.78. The molecule has 0 aliphatic carbocycles. The zero-order valence-electron chi connectivity index (χ0n) is 13.9. The molecule has 3 heterocycles. The van der Waals surface area contributed by atoms with E-state index in [-0.39, 0.29) is 11.9 Å². The van der Waals surface area contributed by atoms with Gasteiger partial charge in [-0.25, -0.2) is 18.3 Å². The highest BCUT2D eigenvalue weighted by atomic mass is 32.3. The number of rotatable bonds is 2. The molecule has 8 nitrogen and oxygen atoms in total. The summed E-state index contributed by atoms with van der Waals surface area (Å²) in [6.45, 7) is 0.776. The predicted octanol–water partition coefficient (Wildman–Crippen LogP) is 2.70. The first-order valence-corrected chi connectivity index (χ1v) is 9.34. The molecule has 1 atom stereocenters. The number of hydrogen-bond donors (Lipinski definition) is 2. The van der Waals surface area contributed by atoms with Gasteiger partial charge in [0.25, 0.3) is 0 Å². The van der Waals surface area contributed by atoms with Crippen molar-refractivity contribution in [2.75, 3.05) is 11.4 Å². The van der Waals surface area contributed by atoms with E-state index in [1.165, 1.54) is 12.1 Å². The van der Waals surface area contributed by atoms with Crippen molar-refractivity contribution < 1.29 is 26.3 Å². The van der Waals surface area contributed by atoms with Crippen LogP contribution in [0.4, 0.5) is 14.6 Å². The van der Waals surface area contributed by atoms with E-state index in [9.17, 15) is 8.78 Å². The van der Waals surface area contributed by atoms with E-state index < -0.39 is 16.2 Å². The molecular weight excluding hydrogens is 382 g/mol. The van der Waals surface area contributed by atoms with Crippen LogP contribution >= 0.6 is 0 Å². The van der Waals surface area contributed by atoms with E-state index in [1.54, 1.807) is 10.7 Å². The van der Waals surface area contributed by atoms with Crippen molar-refractivity contribution in [2.45, 2.75) is 18.9 Å². The van der Waals surface area contributed by atoms with Crippen LogP contribution < -0.4 is 4.90 Å². The molecule has 1 saturated heterocycles. The van der Waals surface area contributed by atoms with Gasteiger partial charge in [-0.2, -0.15) is 13.5 Å². The fourth-order valence-corrected chi connectivity index (χ4v) is 3.10. The van der Waals surface area contributed by atoms with Crippen LogP contribution in [-0.4, -0.2) is 38.7 Å². The third kappa shape index (κ3) is 4.76. The molecule has 1 aromatic carbocycles. The van der Waals surface area contributed by atoms with Crippen LogP contribution in [0.3, 0.4) is 0 Å². The zero-order valence-corrected chi connectivity index (χ0v) is 14.7. The van der Waals surface area contributed by atoms with Crippen LogP contribution in [-0.2, 0) is 10.4 Å². The molecule has 1 aliphatic rings. The molecular formula is C16H16F2N4O4S. The Balaban J connectivity index is 0.000000376. The van der Waals surface area contributed by atoms with Crippen molar-refractivity contribution in [1.82, 2.24) is 14.6 Å². The maximum Gasteiger partial charge on any atom is 0.394 e. The summed E-state index contributed by atoms with van der Waals surface area (Å²) in [5, 5.41) is 4.12. The van der Waals surface area contributed by atoms with Crippen LogP contribution in [0.5, 0.6) is 0 Å². The monoisotopic (exact) mass is 398 g/mol. The van der Waals surface area contributed by atoms with Crippen LogP contribution in [0.15, 0.2) is 42.7 Å². The van der Waals surface area contributed by atoms with Gasteiger partial charge >= 0.3 is 10.4 Å². The first-order valence-electron chi connectivity index (χ1n) is 7.94. The molecule has 2 N–H and O–H groups in total. The second kappa shape index (κ2) is 7.55. The molecule has 0 radical (unpaired) electrons. The highest BCUT2D eigenvalue weighted by Gasteiger charge is 2.29. The smallest absolute Gasteiger partial charge is 0.349 e. The molecule has 1 fully saturated rings. The van der Waals surface area contributed by atoms with E-state index in [0.717, 1.165) is 36.9 Å². The van der Waals surface area contributed by atoms with Gasteiger partial charge in [0.1, 0.15) is 17.5 Å². The summed E-state index contributed by atoms with van der Waals surface area (Å²) in [5.74, 6) is -0.0228. The molecule has 4 rings (SSSR count). The van der Waals surface area contributed by atoms with E-state index in [1.807, 2.05) is 23.2 Å². The Hall–Kier alpha value is -2.63. The molecule has 1 aliphatic heterocycles. The Labute approximate surface area is 153 Å². The largest absolute Gasteiger partial charge is 0.394 e. The minimum Gasteiger partial charge on any atom is -0.349 e. The van der Waals surface area contributed by atoms with Crippen molar-refractivity contribution >= 4 is 21.9 Å². The average Bonchev–Trinajstić information content (AvgIpc) is 3.23. The Morgan fingerprint density at radius 1 is 1.15 bits per heavy atom. The quantitative estimate of drug-likeness (QED) is 0.639. The minimum atomic E-state index is -4.67. The predicted molar refractivity (Wildman–Crippen MR) is 92.8 cm³/mol. The normalized spacial score (nSPS) is 17.0. The van der Waals surface area contributed by atoms with Crippen molar-refractivity contribution in [2.24, 2.45) is 0 Å².